The van der Waals surface area contributed by atoms with E-state index in [1.165, 1.54) is 37.4 Å². The van der Waals surface area contributed by atoms with Gasteiger partial charge in [0.1, 0.15) is 41.8 Å². The molecule has 0 saturated carbocycles. The molecule has 0 aliphatic rings. The zero-order chi connectivity index (χ0) is 28.6. The zero-order valence-electron chi connectivity index (χ0n) is 22.0. The standard InChI is InChI=1S/C31H25N3O7/c1-32-31(35)26-18-29(41-33-26)30-27(39-20-22-10-6-3-7-11-22)16-25(38-19-21-8-4-2-5-9-21)17-28(30)40-24-14-12-23(13-15-24)34(36)37/h2-18H,19-20H2,1H3,(H,32,35). The zero-order valence-corrected chi connectivity index (χ0v) is 22.0. The lowest BCUT2D eigenvalue weighted by Crippen LogP contribution is -2.17. The van der Waals surface area contributed by atoms with Gasteiger partial charge in [-0.1, -0.05) is 65.8 Å². The monoisotopic (exact) mass is 551 g/mol. The molecule has 10 heteroatoms. The van der Waals surface area contributed by atoms with Crippen LogP contribution in [0.4, 0.5) is 5.69 Å². The van der Waals surface area contributed by atoms with Crippen LogP contribution in [0.3, 0.4) is 0 Å². The summed E-state index contributed by atoms with van der Waals surface area (Å²) in [5.41, 5.74) is 2.27. The molecule has 5 rings (SSSR count). The summed E-state index contributed by atoms with van der Waals surface area (Å²) in [6.07, 6.45) is 0. The summed E-state index contributed by atoms with van der Waals surface area (Å²) in [5, 5.41) is 17.6. The molecule has 0 saturated heterocycles. The van der Waals surface area contributed by atoms with Crippen LogP contribution in [-0.2, 0) is 13.2 Å². The van der Waals surface area contributed by atoms with Gasteiger partial charge in [-0.3, -0.25) is 14.9 Å². The van der Waals surface area contributed by atoms with Crippen molar-refractivity contribution in [1.82, 2.24) is 10.5 Å². The van der Waals surface area contributed by atoms with Gasteiger partial charge < -0.3 is 24.1 Å². The highest BCUT2D eigenvalue weighted by atomic mass is 16.6. The fourth-order valence-corrected chi connectivity index (χ4v) is 3.95. The molecule has 0 bridgehead atoms. The van der Waals surface area contributed by atoms with Crippen molar-refractivity contribution in [3.8, 4) is 34.3 Å². The van der Waals surface area contributed by atoms with E-state index in [1.807, 2.05) is 60.7 Å². The maximum absolute atomic E-state index is 12.2. The third kappa shape index (κ3) is 6.69. The van der Waals surface area contributed by atoms with E-state index >= 15 is 0 Å². The predicted molar refractivity (Wildman–Crippen MR) is 150 cm³/mol. The lowest BCUT2D eigenvalue weighted by Gasteiger charge is -2.17. The van der Waals surface area contributed by atoms with Crippen LogP contribution >= 0.6 is 0 Å². The maximum Gasteiger partial charge on any atom is 0.273 e. The molecule has 0 aliphatic carbocycles. The third-order valence-electron chi connectivity index (χ3n) is 6.02. The molecule has 41 heavy (non-hydrogen) atoms. The van der Waals surface area contributed by atoms with E-state index in [2.05, 4.69) is 10.5 Å². The van der Waals surface area contributed by atoms with Crippen molar-refractivity contribution in [2.45, 2.75) is 13.2 Å². The number of ether oxygens (including phenoxy) is 3. The van der Waals surface area contributed by atoms with Crippen molar-refractivity contribution in [3.63, 3.8) is 0 Å². The van der Waals surface area contributed by atoms with Crippen LogP contribution in [0.5, 0.6) is 23.0 Å². The van der Waals surface area contributed by atoms with E-state index in [0.29, 0.717) is 29.4 Å². The number of nitrogens with zero attached hydrogens (tertiary/aromatic N) is 2. The number of nitrogens with one attached hydrogen (secondary N) is 1. The van der Waals surface area contributed by atoms with Gasteiger partial charge in [0, 0.05) is 37.4 Å². The topological polar surface area (TPSA) is 126 Å². The van der Waals surface area contributed by atoms with Gasteiger partial charge in [-0.05, 0) is 23.3 Å². The number of amides is 1. The second-order valence-electron chi connectivity index (χ2n) is 8.85. The van der Waals surface area contributed by atoms with Crippen molar-refractivity contribution in [1.29, 1.82) is 0 Å². The Morgan fingerprint density at radius 3 is 2.05 bits per heavy atom. The van der Waals surface area contributed by atoms with Crippen LogP contribution in [0.25, 0.3) is 11.3 Å². The summed E-state index contributed by atoms with van der Waals surface area (Å²) < 4.78 is 24.1. The van der Waals surface area contributed by atoms with E-state index in [4.69, 9.17) is 18.7 Å². The molecule has 10 nitrogen and oxygen atoms in total. The molecule has 0 atom stereocenters. The van der Waals surface area contributed by atoms with Crippen LogP contribution in [0, 0.1) is 10.1 Å². The number of aromatic nitrogens is 1. The van der Waals surface area contributed by atoms with Crippen LogP contribution in [0.15, 0.2) is 108 Å². The number of non-ortho nitro benzene ring substituents is 1. The Morgan fingerprint density at radius 1 is 0.829 bits per heavy atom. The lowest BCUT2D eigenvalue weighted by molar-refractivity contribution is -0.384. The molecule has 0 unspecified atom stereocenters. The number of nitro benzene ring substituents is 1. The number of carbonyl (C=O) groups is 1. The molecule has 1 amide bonds. The van der Waals surface area contributed by atoms with Crippen LogP contribution in [0.1, 0.15) is 21.6 Å². The molecule has 0 aliphatic heterocycles. The predicted octanol–water partition coefficient (Wildman–Crippen LogP) is 6.56. The van der Waals surface area contributed by atoms with Crippen molar-refractivity contribution in [2.75, 3.05) is 7.05 Å². The highest BCUT2D eigenvalue weighted by molar-refractivity contribution is 5.93. The fraction of sp³-hybridized carbons (Fsp3) is 0.0968. The average molecular weight is 552 g/mol. The first-order valence-corrected chi connectivity index (χ1v) is 12.6. The number of hydrogen-bond donors (Lipinski definition) is 1. The summed E-state index contributed by atoms with van der Waals surface area (Å²) in [4.78, 5) is 22.9. The van der Waals surface area contributed by atoms with E-state index in [9.17, 15) is 14.9 Å². The Hall–Kier alpha value is -5.64. The second kappa shape index (κ2) is 12.5. The molecular weight excluding hydrogens is 526 g/mol. The van der Waals surface area contributed by atoms with Gasteiger partial charge >= 0.3 is 0 Å². The van der Waals surface area contributed by atoms with Crippen LogP contribution in [0.2, 0.25) is 0 Å². The van der Waals surface area contributed by atoms with Crippen molar-refractivity contribution in [2.24, 2.45) is 0 Å². The molecule has 206 valence electrons. The van der Waals surface area contributed by atoms with Crippen LogP contribution in [-0.4, -0.2) is 23.0 Å². The Balaban J connectivity index is 1.58. The maximum atomic E-state index is 12.2. The number of carbonyl (C=O) groups excluding carboxylic acids is 1. The van der Waals surface area contributed by atoms with Gasteiger partial charge in [-0.2, -0.15) is 0 Å². The van der Waals surface area contributed by atoms with E-state index in [0.717, 1.165) is 11.1 Å². The lowest BCUT2D eigenvalue weighted by atomic mass is 10.1. The Bertz CT molecular complexity index is 1640. The van der Waals surface area contributed by atoms with Crippen molar-refractivity contribution < 1.29 is 28.5 Å². The van der Waals surface area contributed by atoms with Gasteiger partial charge in [-0.15, -0.1) is 0 Å². The molecule has 1 heterocycles. The molecule has 0 spiro atoms. The second-order valence-corrected chi connectivity index (χ2v) is 8.85. The first kappa shape index (κ1) is 26.9. The van der Waals surface area contributed by atoms with Gasteiger partial charge in [-0.25, -0.2) is 0 Å². The molecule has 1 N–H and O–H groups in total. The van der Waals surface area contributed by atoms with E-state index < -0.39 is 10.8 Å². The average Bonchev–Trinajstić information content (AvgIpc) is 3.49. The number of nitro groups is 1. The summed E-state index contributed by atoms with van der Waals surface area (Å²) in [7, 11) is 1.49. The molecule has 5 aromatic rings. The van der Waals surface area contributed by atoms with Gasteiger partial charge in [0.05, 0.1) is 4.92 Å². The molecule has 0 fully saturated rings. The summed E-state index contributed by atoms with van der Waals surface area (Å²) >= 11 is 0. The highest BCUT2D eigenvalue weighted by Crippen LogP contribution is 2.44. The van der Waals surface area contributed by atoms with Gasteiger partial charge in [0.25, 0.3) is 11.6 Å². The Kier molecular flexibility index (Phi) is 8.20. The first-order chi connectivity index (χ1) is 20.0. The van der Waals surface area contributed by atoms with Crippen molar-refractivity contribution in [3.05, 3.63) is 130 Å². The highest BCUT2D eigenvalue weighted by Gasteiger charge is 2.23. The van der Waals surface area contributed by atoms with Gasteiger partial charge in [0.2, 0.25) is 0 Å². The summed E-state index contributed by atoms with van der Waals surface area (Å²) in [5.74, 6) is 1.20. The van der Waals surface area contributed by atoms with Crippen molar-refractivity contribution >= 4 is 11.6 Å². The number of benzene rings is 4. The molecule has 0 radical (unpaired) electrons. The quantitative estimate of drug-likeness (QED) is 0.144. The normalized spacial score (nSPS) is 10.6. The number of rotatable bonds is 11. The smallest absolute Gasteiger partial charge is 0.273 e. The molecule has 1 aromatic heterocycles. The first-order valence-electron chi connectivity index (χ1n) is 12.6. The fourth-order valence-electron chi connectivity index (χ4n) is 3.95. The van der Waals surface area contributed by atoms with E-state index in [-0.39, 0.29) is 29.5 Å². The Labute approximate surface area is 235 Å². The number of hydrogen-bond acceptors (Lipinski definition) is 8. The largest absolute Gasteiger partial charge is 0.489 e. The minimum Gasteiger partial charge on any atom is -0.489 e. The summed E-state index contributed by atoms with van der Waals surface area (Å²) in [6, 6.07) is 29.8. The third-order valence-corrected chi connectivity index (χ3v) is 6.02. The Morgan fingerprint density at radius 2 is 1.44 bits per heavy atom. The SMILES string of the molecule is CNC(=O)c1cc(-c2c(OCc3ccccc3)cc(OCc3ccccc3)cc2Oc2ccc([N+](=O)[O-])cc2)on1. The molecular formula is C31H25N3O7. The van der Waals surface area contributed by atoms with E-state index in [1.54, 1.807) is 12.1 Å². The summed E-state index contributed by atoms with van der Waals surface area (Å²) in [6.45, 7) is 0.516. The van der Waals surface area contributed by atoms with Crippen LogP contribution < -0.4 is 19.5 Å². The minimum atomic E-state index is -0.488. The molecule has 4 aromatic carbocycles. The minimum absolute atomic E-state index is 0.0715. The van der Waals surface area contributed by atoms with Gasteiger partial charge in [0.15, 0.2) is 11.5 Å².